The molecule has 1 N–H and O–H groups in total. The molecule has 0 unspecified atom stereocenters. The maximum Gasteiger partial charge on any atom is 0.226 e. The number of oxazole rings is 1. The van der Waals surface area contributed by atoms with Crippen molar-refractivity contribution in [1.82, 2.24) is 15.2 Å². The summed E-state index contributed by atoms with van der Waals surface area (Å²) in [5.74, 6) is 2.95. The van der Waals surface area contributed by atoms with E-state index in [-0.39, 0.29) is 17.9 Å². The number of aryl methyl sites for hydroxylation is 2. The van der Waals surface area contributed by atoms with Crippen LogP contribution in [-0.4, -0.2) is 49.1 Å². The van der Waals surface area contributed by atoms with Crippen LogP contribution in [0.3, 0.4) is 0 Å². The largest absolute Gasteiger partial charge is 0.493 e. The zero-order valence-electron chi connectivity index (χ0n) is 21.8. The summed E-state index contributed by atoms with van der Waals surface area (Å²) in [5.41, 5.74) is 3.08. The molecule has 1 atom stereocenters. The van der Waals surface area contributed by atoms with E-state index >= 15 is 0 Å². The van der Waals surface area contributed by atoms with Gasteiger partial charge in [0.15, 0.2) is 11.5 Å². The molecule has 2 heterocycles. The number of rotatable bonds is 10. The molecule has 0 saturated carbocycles. The molecule has 192 valence electrons. The Morgan fingerprint density at radius 1 is 1.11 bits per heavy atom. The number of carbonyl (C=O) groups excluding carboxylic acids is 1. The van der Waals surface area contributed by atoms with Crippen LogP contribution >= 0.6 is 0 Å². The molecule has 1 aliphatic rings. The van der Waals surface area contributed by atoms with E-state index in [1.807, 2.05) is 31.2 Å². The van der Waals surface area contributed by atoms with Crippen LogP contribution in [0, 0.1) is 12.8 Å². The van der Waals surface area contributed by atoms with Crippen LogP contribution in [0.1, 0.15) is 43.2 Å². The Bertz CT molecular complexity index is 1140. The number of piperidine rings is 1. The number of benzene rings is 2. The van der Waals surface area contributed by atoms with E-state index in [0.29, 0.717) is 23.9 Å². The minimum absolute atomic E-state index is 0.0705. The summed E-state index contributed by atoms with van der Waals surface area (Å²) in [4.78, 5) is 19.9. The highest BCUT2D eigenvalue weighted by Gasteiger charge is 2.27. The van der Waals surface area contributed by atoms with Gasteiger partial charge in [0.25, 0.3) is 0 Å². The van der Waals surface area contributed by atoms with Crippen LogP contribution < -0.4 is 14.8 Å². The molecule has 1 fully saturated rings. The van der Waals surface area contributed by atoms with Gasteiger partial charge in [-0.25, -0.2) is 4.98 Å². The Morgan fingerprint density at radius 2 is 1.83 bits per heavy atom. The zero-order valence-corrected chi connectivity index (χ0v) is 21.8. The lowest BCUT2D eigenvalue weighted by atomic mass is 9.95. The molecule has 0 radical (unpaired) electrons. The molecule has 7 heteroatoms. The summed E-state index contributed by atoms with van der Waals surface area (Å²) in [6.07, 6.45) is 3.64. The van der Waals surface area contributed by atoms with Crippen molar-refractivity contribution in [3.8, 4) is 23.0 Å². The zero-order chi connectivity index (χ0) is 25.5. The molecule has 0 aliphatic carbocycles. The standard InChI is InChI=1S/C29H37N3O4/c1-20(10-11-22-8-6-5-7-9-22)30-28(33)23-14-16-32(17-15-23)19-25-21(2)36-29(31-25)24-12-13-26(34-3)27(18-24)35-4/h5-9,12-13,18,20,23H,10-11,14-17,19H2,1-4H3,(H,30,33)/t20-/m1/s1. The van der Waals surface area contributed by atoms with Gasteiger partial charge < -0.3 is 19.2 Å². The second kappa shape index (κ2) is 12.1. The number of amides is 1. The first-order chi connectivity index (χ1) is 17.5. The van der Waals surface area contributed by atoms with E-state index < -0.39 is 0 Å². The Kier molecular flexibility index (Phi) is 8.65. The van der Waals surface area contributed by atoms with Gasteiger partial charge in [-0.3, -0.25) is 9.69 Å². The van der Waals surface area contributed by atoms with Crippen molar-refractivity contribution in [2.75, 3.05) is 27.3 Å². The Labute approximate surface area is 213 Å². The van der Waals surface area contributed by atoms with Crippen LogP contribution in [-0.2, 0) is 17.8 Å². The van der Waals surface area contributed by atoms with Crippen LogP contribution in [0.5, 0.6) is 11.5 Å². The fourth-order valence-electron chi connectivity index (χ4n) is 4.69. The number of nitrogens with one attached hydrogen (secondary N) is 1. The van der Waals surface area contributed by atoms with Crippen molar-refractivity contribution >= 4 is 5.91 Å². The Hall–Kier alpha value is -3.32. The van der Waals surface area contributed by atoms with E-state index in [1.54, 1.807) is 14.2 Å². The fraction of sp³-hybridized carbons (Fsp3) is 0.448. The van der Waals surface area contributed by atoms with Crippen molar-refractivity contribution in [2.45, 2.75) is 52.1 Å². The molecule has 2 aromatic carbocycles. The maximum absolute atomic E-state index is 12.8. The van der Waals surface area contributed by atoms with Crippen molar-refractivity contribution in [3.63, 3.8) is 0 Å². The first kappa shape index (κ1) is 25.8. The van der Waals surface area contributed by atoms with E-state index in [1.165, 1.54) is 5.56 Å². The molecule has 3 aromatic rings. The van der Waals surface area contributed by atoms with Gasteiger partial charge >= 0.3 is 0 Å². The van der Waals surface area contributed by atoms with Crippen LogP contribution in [0.15, 0.2) is 52.9 Å². The number of hydrogen-bond acceptors (Lipinski definition) is 6. The second-order valence-electron chi connectivity index (χ2n) is 9.58. The minimum atomic E-state index is 0.0705. The summed E-state index contributed by atoms with van der Waals surface area (Å²) in [5, 5.41) is 3.23. The highest BCUT2D eigenvalue weighted by molar-refractivity contribution is 5.79. The summed E-state index contributed by atoms with van der Waals surface area (Å²) in [6.45, 7) is 6.50. The highest BCUT2D eigenvalue weighted by atomic mass is 16.5. The van der Waals surface area contributed by atoms with Gasteiger partial charge in [-0.1, -0.05) is 30.3 Å². The number of likely N-dealkylation sites (tertiary alicyclic amines) is 1. The second-order valence-corrected chi connectivity index (χ2v) is 9.58. The van der Waals surface area contributed by atoms with Gasteiger partial charge in [-0.2, -0.15) is 0 Å². The number of nitrogens with zero attached hydrogens (tertiary/aromatic N) is 2. The fourth-order valence-corrected chi connectivity index (χ4v) is 4.69. The molecular weight excluding hydrogens is 454 g/mol. The van der Waals surface area contributed by atoms with E-state index in [4.69, 9.17) is 18.9 Å². The van der Waals surface area contributed by atoms with E-state index in [0.717, 1.165) is 55.8 Å². The van der Waals surface area contributed by atoms with Gasteiger partial charge in [0.2, 0.25) is 11.8 Å². The first-order valence-electron chi connectivity index (χ1n) is 12.7. The summed E-state index contributed by atoms with van der Waals surface area (Å²) >= 11 is 0. The SMILES string of the molecule is COc1ccc(-c2nc(CN3CCC(C(=O)N[C@H](C)CCc4ccccc4)CC3)c(C)o2)cc1OC. The Morgan fingerprint density at radius 3 is 2.53 bits per heavy atom. The number of hydrogen-bond donors (Lipinski definition) is 1. The van der Waals surface area contributed by atoms with Crippen LogP contribution in [0.25, 0.3) is 11.5 Å². The van der Waals surface area contributed by atoms with Crippen molar-refractivity contribution < 1.29 is 18.7 Å². The monoisotopic (exact) mass is 491 g/mol. The number of ether oxygens (including phenoxy) is 2. The number of methoxy groups -OCH3 is 2. The molecular formula is C29H37N3O4. The molecule has 1 aliphatic heterocycles. The maximum atomic E-state index is 12.8. The number of carbonyl (C=O) groups is 1. The molecule has 36 heavy (non-hydrogen) atoms. The lowest BCUT2D eigenvalue weighted by Gasteiger charge is -2.31. The molecule has 0 spiro atoms. The topological polar surface area (TPSA) is 76.8 Å². The third-order valence-corrected chi connectivity index (χ3v) is 6.95. The lowest BCUT2D eigenvalue weighted by Crippen LogP contribution is -2.43. The summed E-state index contributed by atoms with van der Waals surface area (Å²) in [7, 11) is 3.23. The molecule has 0 bridgehead atoms. The molecule has 1 amide bonds. The Balaban J connectivity index is 1.26. The van der Waals surface area contributed by atoms with Gasteiger partial charge in [0.05, 0.1) is 19.9 Å². The van der Waals surface area contributed by atoms with Crippen LogP contribution in [0.4, 0.5) is 0 Å². The third kappa shape index (κ3) is 6.46. The summed E-state index contributed by atoms with van der Waals surface area (Å²) in [6, 6.07) is 16.2. The minimum Gasteiger partial charge on any atom is -0.493 e. The van der Waals surface area contributed by atoms with Gasteiger partial charge in [0.1, 0.15) is 5.76 Å². The van der Waals surface area contributed by atoms with Gasteiger partial charge in [-0.15, -0.1) is 0 Å². The lowest BCUT2D eigenvalue weighted by molar-refractivity contribution is -0.127. The molecule has 1 saturated heterocycles. The molecule has 7 nitrogen and oxygen atoms in total. The van der Waals surface area contributed by atoms with E-state index in [2.05, 4.69) is 41.4 Å². The summed E-state index contributed by atoms with van der Waals surface area (Å²) < 4.78 is 16.7. The average molecular weight is 492 g/mol. The first-order valence-corrected chi connectivity index (χ1v) is 12.7. The smallest absolute Gasteiger partial charge is 0.226 e. The predicted molar refractivity (Wildman–Crippen MR) is 140 cm³/mol. The average Bonchev–Trinajstić information content (AvgIpc) is 3.27. The van der Waals surface area contributed by atoms with Gasteiger partial charge in [0, 0.05) is 24.1 Å². The predicted octanol–water partition coefficient (Wildman–Crippen LogP) is 5.02. The molecule has 1 aromatic heterocycles. The molecule has 4 rings (SSSR count). The van der Waals surface area contributed by atoms with Crippen molar-refractivity contribution in [3.05, 3.63) is 65.5 Å². The normalized spacial score (nSPS) is 15.4. The quantitative estimate of drug-likeness (QED) is 0.429. The van der Waals surface area contributed by atoms with Gasteiger partial charge in [-0.05, 0) is 76.4 Å². The van der Waals surface area contributed by atoms with Crippen molar-refractivity contribution in [1.29, 1.82) is 0 Å². The highest BCUT2D eigenvalue weighted by Crippen LogP contribution is 2.33. The van der Waals surface area contributed by atoms with Crippen LogP contribution in [0.2, 0.25) is 0 Å². The third-order valence-electron chi connectivity index (χ3n) is 6.95. The van der Waals surface area contributed by atoms with E-state index in [9.17, 15) is 4.79 Å². The number of aromatic nitrogens is 1. The van der Waals surface area contributed by atoms with Crippen molar-refractivity contribution in [2.24, 2.45) is 5.92 Å².